The van der Waals surface area contributed by atoms with Crippen LogP contribution in [0.1, 0.15) is 49.9 Å². The van der Waals surface area contributed by atoms with Crippen molar-refractivity contribution in [2.24, 2.45) is 5.92 Å². The summed E-state index contributed by atoms with van der Waals surface area (Å²) in [4.78, 5) is 29.0. The predicted molar refractivity (Wildman–Crippen MR) is 191 cm³/mol. The zero-order valence-electron chi connectivity index (χ0n) is 26.9. The molecule has 1 fully saturated rings. The van der Waals surface area contributed by atoms with Crippen LogP contribution in [0.3, 0.4) is 0 Å². The van der Waals surface area contributed by atoms with Gasteiger partial charge in [-0.05, 0) is 72.9 Å². The van der Waals surface area contributed by atoms with E-state index in [1.165, 1.54) is 16.7 Å². The van der Waals surface area contributed by atoms with Crippen LogP contribution in [0.2, 0.25) is 10.0 Å². The summed E-state index contributed by atoms with van der Waals surface area (Å²) >= 11 is 14.9. The van der Waals surface area contributed by atoms with E-state index in [1.807, 2.05) is 13.0 Å². The number of anilines is 1. The Morgan fingerprint density at radius 3 is 2.57 bits per heavy atom. The largest absolute Gasteiger partial charge is 0.507 e. The van der Waals surface area contributed by atoms with Gasteiger partial charge in [-0.1, -0.05) is 72.3 Å². The number of carbonyl (C=O) groups excluding carboxylic acids is 2. The number of thioether (sulfide) groups is 1. The lowest BCUT2D eigenvalue weighted by Gasteiger charge is -2.24. The molecule has 0 saturated carbocycles. The summed E-state index contributed by atoms with van der Waals surface area (Å²) < 4.78 is 23.9. The van der Waals surface area contributed by atoms with Gasteiger partial charge in [0.15, 0.2) is 27.3 Å². The monoisotopic (exact) mass is 741 g/mol. The number of halogens is 2. The molecule has 1 saturated heterocycles. The van der Waals surface area contributed by atoms with Crippen LogP contribution in [0.15, 0.2) is 64.5 Å². The number of hydrogen-bond acceptors (Lipinski definition) is 11. The average molecular weight is 743 g/mol. The minimum absolute atomic E-state index is 0.116. The Labute approximate surface area is 301 Å². The van der Waals surface area contributed by atoms with Gasteiger partial charge in [0.25, 0.3) is 5.78 Å². The van der Waals surface area contributed by atoms with E-state index in [0.29, 0.717) is 86.6 Å². The Hall–Kier alpha value is -3.97. The summed E-state index contributed by atoms with van der Waals surface area (Å²) in [5, 5.41) is 21.6. The van der Waals surface area contributed by atoms with Crippen molar-refractivity contribution in [3.63, 3.8) is 0 Å². The second-order valence-corrected chi connectivity index (χ2v) is 14.6. The van der Waals surface area contributed by atoms with Gasteiger partial charge < -0.3 is 24.1 Å². The number of Topliss-reactive ketones (excluding diaryl/α,β-unsaturated/α-hetero) is 1. The molecule has 1 atom stereocenters. The number of aliphatic hydroxyl groups is 1. The third-order valence-corrected chi connectivity index (χ3v) is 10.5. The number of ketones is 1. The van der Waals surface area contributed by atoms with Crippen molar-refractivity contribution in [3.05, 3.63) is 86.9 Å². The molecule has 14 heteroatoms. The van der Waals surface area contributed by atoms with E-state index in [-0.39, 0.29) is 16.5 Å². The van der Waals surface area contributed by atoms with Crippen LogP contribution in [-0.4, -0.2) is 53.4 Å². The number of carbonyl (C=O) groups is 2. The van der Waals surface area contributed by atoms with E-state index in [9.17, 15) is 14.7 Å². The lowest BCUT2D eigenvalue weighted by molar-refractivity contribution is -0.132. The number of fused-ring (bicyclic) bond motifs is 1. The number of amides is 1. The van der Waals surface area contributed by atoms with Gasteiger partial charge in [0.1, 0.15) is 19.0 Å². The van der Waals surface area contributed by atoms with Crippen molar-refractivity contribution in [3.8, 4) is 23.0 Å². The maximum absolute atomic E-state index is 13.8. The van der Waals surface area contributed by atoms with Gasteiger partial charge >= 0.3 is 5.91 Å². The minimum atomic E-state index is -1.06. The molecule has 1 N–H and O–H groups in total. The second kappa shape index (κ2) is 15.3. The molecule has 3 aromatic carbocycles. The van der Waals surface area contributed by atoms with Crippen molar-refractivity contribution < 1.29 is 33.6 Å². The zero-order chi connectivity index (χ0) is 34.7. The second-order valence-electron chi connectivity index (χ2n) is 11.6. The first-order chi connectivity index (χ1) is 23.6. The van der Waals surface area contributed by atoms with Crippen LogP contribution < -0.4 is 23.8 Å². The third kappa shape index (κ3) is 7.62. The molecule has 10 nitrogen and oxygen atoms in total. The third-order valence-electron chi connectivity index (χ3n) is 7.76. The SMILES string of the molecule is CCOc1cc(C2/C(=C(/O)c3ccc4c(c3)OCCO4)C(=O)C(=O)N2c2nnc(SCc3ccc(Cl)cc3Cl)s2)ccc1OCCC(C)C. The quantitative estimate of drug-likeness (QED) is 0.0499. The molecule has 49 heavy (non-hydrogen) atoms. The Kier molecular flexibility index (Phi) is 10.9. The molecule has 3 heterocycles. The Bertz CT molecular complexity index is 1920. The number of aromatic nitrogens is 2. The average Bonchev–Trinajstić information content (AvgIpc) is 3.65. The van der Waals surface area contributed by atoms with Gasteiger partial charge in [0, 0.05) is 21.4 Å². The number of nitrogens with zero attached hydrogens (tertiary/aromatic N) is 3. The van der Waals surface area contributed by atoms with E-state index < -0.39 is 17.7 Å². The first kappa shape index (κ1) is 34.9. The Morgan fingerprint density at radius 2 is 1.82 bits per heavy atom. The first-order valence-corrected chi connectivity index (χ1v) is 18.2. The van der Waals surface area contributed by atoms with Crippen LogP contribution in [0.25, 0.3) is 5.76 Å². The van der Waals surface area contributed by atoms with Gasteiger partial charge in [-0.25, -0.2) is 0 Å². The van der Waals surface area contributed by atoms with E-state index in [0.717, 1.165) is 23.3 Å². The zero-order valence-corrected chi connectivity index (χ0v) is 30.0. The van der Waals surface area contributed by atoms with Gasteiger partial charge in [-0.15, -0.1) is 10.2 Å². The highest BCUT2D eigenvalue weighted by Gasteiger charge is 2.48. The molecule has 256 valence electrons. The van der Waals surface area contributed by atoms with Crippen LogP contribution >= 0.6 is 46.3 Å². The molecule has 2 aliphatic rings. The Morgan fingerprint density at radius 1 is 1.02 bits per heavy atom. The molecular formula is C35H33Cl2N3O7S2. The van der Waals surface area contributed by atoms with Crippen LogP contribution in [0.5, 0.6) is 23.0 Å². The predicted octanol–water partition coefficient (Wildman–Crippen LogP) is 8.36. The molecule has 0 aliphatic carbocycles. The van der Waals surface area contributed by atoms with Crippen LogP contribution in [0.4, 0.5) is 5.13 Å². The van der Waals surface area contributed by atoms with Crippen molar-refractivity contribution in [1.82, 2.24) is 10.2 Å². The van der Waals surface area contributed by atoms with Gasteiger partial charge in [-0.3, -0.25) is 14.5 Å². The van der Waals surface area contributed by atoms with Crippen molar-refractivity contribution in [2.75, 3.05) is 31.3 Å². The van der Waals surface area contributed by atoms with E-state index in [1.54, 1.807) is 48.5 Å². The lowest BCUT2D eigenvalue weighted by Crippen LogP contribution is -2.29. The first-order valence-electron chi connectivity index (χ1n) is 15.6. The summed E-state index contributed by atoms with van der Waals surface area (Å²) in [5.41, 5.74) is 1.54. The number of aliphatic hydroxyl groups excluding tert-OH is 1. The molecule has 1 amide bonds. The smallest absolute Gasteiger partial charge is 0.301 e. The number of hydrogen-bond donors (Lipinski definition) is 1. The fourth-order valence-corrected chi connectivity index (χ4v) is 7.74. The van der Waals surface area contributed by atoms with Gasteiger partial charge in [-0.2, -0.15) is 0 Å². The lowest BCUT2D eigenvalue weighted by atomic mass is 9.95. The molecule has 1 unspecified atom stereocenters. The van der Waals surface area contributed by atoms with Gasteiger partial charge in [0.05, 0.1) is 24.8 Å². The highest BCUT2D eigenvalue weighted by Crippen LogP contribution is 2.46. The highest BCUT2D eigenvalue weighted by atomic mass is 35.5. The normalized spacial score (nSPS) is 16.8. The standard InChI is InChI=1S/C35H33Cl2N3O7S2/c1-4-44-27-15-20(6-9-25(27)45-12-11-19(2)3)30-29(31(41)21-7-10-26-28(16-21)47-14-13-46-26)32(42)33(43)40(30)34-38-39-35(49-34)48-18-22-5-8-23(36)17-24(22)37/h5-10,15-17,19,30,41H,4,11-14,18H2,1-3H3/b31-29-. The van der Waals surface area contributed by atoms with E-state index in [2.05, 4.69) is 24.0 Å². The van der Waals surface area contributed by atoms with Crippen molar-refractivity contribution in [2.45, 2.75) is 43.3 Å². The Balaban J connectivity index is 1.40. The molecule has 0 radical (unpaired) electrons. The molecule has 2 aliphatic heterocycles. The molecular weight excluding hydrogens is 709 g/mol. The summed E-state index contributed by atoms with van der Waals surface area (Å²) in [6.45, 7) is 7.68. The molecule has 4 aromatic rings. The molecule has 6 rings (SSSR count). The minimum Gasteiger partial charge on any atom is -0.507 e. The number of ether oxygens (including phenoxy) is 4. The van der Waals surface area contributed by atoms with Crippen molar-refractivity contribution >= 4 is 68.9 Å². The molecule has 0 spiro atoms. The van der Waals surface area contributed by atoms with E-state index in [4.69, 9.17) is 42.1 Å². The van der Waals surface area contributed by atoms with Crippen LogP contribution in [0, 0.1) is 5.92 Å². The molecule has 1 aromatic heterocycles. The highest BCUT2D eigenvalue weighted by molar-refractivity contribution is 8.00. The maximum atomic E-state index is 13.8. The number of benzene rings is 3. The fraction of sp³-hybridized carbons (Fsp3) is 0.314. The summed E-state index contributed by atoms with van der Waals surface area (Å²) in [5.74, 6) is 0.766. The van der Waals surface area contributed by atoms with Crippen LogP contribution in [-0.2, 0) is 15.3 Å². The molecule has 0 bridgehead atoms. The maximum Gasteiger partial charge on any atom is 0.301 e. The topological polar surface area (TPSA) is 120 Å². The van der Waals surface area contributed by atoms with Gasteiger partial charge in [0.2, 0.25) is 5.13 Å². The summed E-state index contributed by atoms with van der Waals surface area (Å²) in [7, 11) is 0. The summed E-state index contributed by atoms with van der Waals surface area (Å²) in [6.07, 6.45) is 0.852. The summed E-state index contributed by atoms with van der Waals surface area (Å²) in [6, 6.07) is 14.3. The number of rotatable bonds is 12. The van der Waals surface area contributed by atoms with Crippen molar-refractivity contribution in [1.29, 1.82) is 0 Å². The fourth-order valence-electron chi connectivity index (χ4n) is 5.31. The van der Waals surface area contributed by atoms with E-state index >= 15 is 0 Å².